The number of aryl methyl sites for hydroxylation is 1. The Morgan fingerprint density at radius 3 is 2.35 bits per heavy atom. The molecule has 162 valence electrons. The summed E-state index contributed by atoms with van der Waals surface area (Å²) in [6.45, 7) is 4.64. The molecule has 0 fully saturated rings. The molecule has 1 heterocycles. The Hall–Kier alpha value is -3.74. The van der Waals surface area contributed by atoms with Crippen LogP contribution >= 0.6 is 0 Å². The maximum absolute atomic E-state index is 11.6. The molecule has 3 aromatic rings. The summed E-state index contributed by atoms with van der Waals surface area (Å²) in [6.07, 6.45) is 1.81. The zero-order valence-corrected chi connectivity index (χ0v) is 18.4. The summed E-state index contributed by atoms with van der Waals surface area (Å²) in [7, 11) is 4.61. The largest absolute Gasteiger partial charge is 0.493 e. The lowest BCUT2D eigenvalue weighted by molar-refractivity contribution is 0.0600. The van der Waals surface area contributed by atoms with Gasteiger partial charge in [0.1, 0.15) is 0 Å². The third kappa shape index (κ3) is 4.88. The first-order chi connectivity index (χ1) is 15.0. The molecule has 0 unspecified atom stereocenters. The Morgan fingerprint density at radius 1 is 1.00 bits per heavy atom. The van der Waals surface area contributed by atoms with Crippen LogP contribution in [0.15, 0.2) is 53.6 Å². The second-order valence-electron chi connectivity index (χ2n) is 6.98. The van der Waals surface area contributed by atoms with Crippen LogP contribution in [0, 0.1) is 13.8 Å². The third-order valence-corrected chi connectivity index (χ3v) is 5.04. The van der Waals surface area contributed by atoms with Crippen molar-refractivity contribution in [2.45, 2.75) is 20.4 Å². The molecule has 0 aliphatic rings. The van der Waals surface area contributed by atoms with Crippen LogP contribution in [0.1, 0.15) is 32.9 Å². The molecule has 31 heavy (non-hydrogen) atoms. The van der Waals surface area contributed by atoms with Crippen LogP contribution in [0.4, 0.5) is 0 Å². The van der Waals surface area contributed by atoms with Gasteiger partial charge in [-0.2, -0.15) is 5.10 Å². The van der Waals surface area contributed by atoms with E-state index in [1.54, 1.807) is 26.4 Å². The molecule has 3 rings (SSSR count). The average Bonchev–Trinajstić information content (AvgIpc) is 3.08. The van der Waals surface area contributed by atoms with E-state index in [2.05, 4.69) is 21.2 Å². The normalized spacial score (nSPS) is 10.9. The molecule has 7 nitrogen and oxygen atoms in total. The zero-order chi connectivity index (χ0) is 22.4. The van der Waals surface area contributed by atoms with Gasteiger partial charge in [0.25, 0.3) is 0 Å². The van der Waals surface area contributed by atoms with Crippen LogP contribution in [-0.4, -0.2) is 38.1 Å². The van der Waals surface area contributed by atoms with Crippen molar-refractivity contribution in [3.63, 3.8) is 0 Å². The maximum Gasteiger partial charge on any atom is 0.337 e. The van der Waals surface area contributed by atoms with Crippen molar-refractivity contribution < 1.29 is 19.0 Å². The fourth-order valence-electron chi connectivity index (χ4n) is 3.42. The lowest BCUT2D eigenvalue weighted by atomic mass is 10.2. The highest BCUT2D eigenvalue weighted by Gasteiger charge is 2.11. The first-order valence-corrected chi connectivity index (χ1v) is 9.83. The summed E-state index contributed by atoms with van der Waals surface area (Å²) in [6, 6.07) is 15.2. The van der Waals surface area contributed by atoms with Gasteiger partial charge in [-0.1, -0.05) is 6.07 Å². The molecular formula is C24H27N3O4. The molecule has 0 radical (unpaired) electrons. The summed E-state index contributed by atoms with van der Waals surface area (Å²) in [5, 5.41) is 4.37. The Labute approximate surface area is 182 Å². The summed E-state index contributed by atoms with van der Waals surface area (Å²) in [5.74, 6) is 1.04. The van der Waals surface area contributed by atoms with Crippen LogP contribution in [0.5, 0.6) is 11.5 Å². The van der Waals surface area contributed by atoms with E-state index in [1.165, 1.54) is 7.11 Å². The highest BCUT2D eigenvalue weighted by atomic mass is 16.5. The van der Waals surface area contributed by atoms with E-state index >= 15 is 0 Å². The lowest BCUT2D eigenvalue weighted by Gasteiger charge is -2.10. The fourth-order valence-corrected chi connectivity index (χ4v) is 3.42. The topological polar surface area (TPSA) is 74.1 Å². The smallest absolute Gasteiger partial charge is 0.337 e. The molecule has 0 atom stereocenters. The van der Waals surface area contributed by atoms with Crippen LogP contribution in [0.25, 0.3) is 5.69 Å². The minimum atomic E-state index is -0.346. The molecule has 0 saturated heterocycles. The fraction of sp³-hybridized carbons (Fsp3) is 0.250. The number of hydrogen-bond acceptors (Lipinski definition) is 6. The lowest BCUT2D eigenvalue weighted by Crippen LogP contribution is -2.06. The predicted molar refractivity (Wildman–Crippen MR) is 121 cm³/mol. The molecular weight excluding hydrogens is 394 g/mol. The second-order valence-corrected chi connectivity index (χ2v) is 6.98. The van der Waals surface area contributed by atoms with E-state index in [0.29, 0.717) is 23.6 Å². The van der Waals surface area contributed by atoms with Crippen molar-refractivity contribution in [1.82, 2.24) is 9.99 Å². The van der Waals surface area contributed by atoms with Crippen molar-refractivity contribution in [2.24, 2.45) is 5.10 Å². The SMILES string of the molecule is COC(=O)c1ccc(-n2c(C)cc(/C=N\NCc3ccc(OC)c(OC)c3)c2C)cc1. The minimum absolute atomic E-state index is 0.346. The monoisotopic (exact) mass is 421 g/mol. The number of hydrazone groups is 1. The van der Waals surface area contributed by atoms with Crippen molar-refractivity contribution in [2.75, 3.05) is 21.3 Å². The number of rotatable bonds is 8. The first kappa shape index (κ1) is 22.0. The van der Waals surface area contributed by atoms with E-state index in [9.17, 15) is 4.79 Å². The molecule has 0 saturated carbocycles. The van der Waals surface area contributed by atoms with Gasteiger partial charge in [-0.3, -0.25) is 0 Å². The highest BCUT2D eigenvalue weighted by molar-refractivity contribution is 5.89. The number of nitrogens with one attached hydrogen (secondary N) is 1. The quantitative estimate of drug-likeness (QED) is 0.338. The van der Waals surface area contributed by atoms with Gasteiger partial charge in [0.05, 0.1) is 39.7 Å². The van der Waals surface area contributed by atoms with Crippen LogP contribution in [0.2, 0.25) is 0 Å². The molecule has 0 bridgehead atoms. The van der Waals surface area contributed by atoms with Crippen LogP contribution in [-0.2, 0) is 11.3 Å². The Morgan fingerprint density at radius 2 is 1.71 bits per heavy atom. The molecule has 0 spiro atoms. The Balaban J connectivity index is 1.71. The van der Waals surface area contributed by atoms with Crippen molar-refractivity contribution in [1.29, 1.82) is 0 Å². The number of aromatic nitrogens is 1. The number of esters is 1. The second kappa shape index (κ2) is 9.84. The number of hydrogen-bond donors (Lipinski definition) is 1. The molecule has 0 amide bonds. The van der Waals surface area contributed by atoms with Crippen LogP contribution < -0.4 is 14.9 Å². The molecule has 1 aromatic heterocycles. The van der Waals surface area contributed by atoms with E-state index in [1.807, 2.05) is 50.4 Å². The number of carbonyl (C=O) groups excluding carboxylic acids is 1. The van der Waals surface area contributed by atoms with Crippen LogP contribution in [0.3, 0.4) is 0 Å². The molecule has 1 N–H and O–H groups in total. The minimum Gasteiger partial charge on any atom is -0.493 e. The summed E-state index contributed by atoms with van der Waals surface area (Å²) in [4.78, 5) is 11.6. The number of benzene rings is 2. The standard InChI is InChI=1S/C24H27N3O4/c1-16-12-20(15-26-25-14-18-6-11-22(29-3)23(13-18)30-4)17(2)27(16)21-9-7-19(8-10-21)24(28)31-5/h6-13,15,25H,14H2,1-5H3/b26-15-. The van der Waals surface area contributed by atoms with E-state index in [0.717, 1.165) is 28.2 Å². The van der Waals surface area contributed by atoms with Crippen molar-refractivity contribution in [3.8, 4) is 17.2 Å². The van der Waals surface area contributed by atoms with Gasteiger partial charge >= 0.3 is 5.97 Å². The Bertz CT molecular complexity index is 1080. The first-order valence-electron chi connectivity index (χ1n) is 9.83. The van der Waals surface area contributed by atoms with Gasteiger partial charge in [-0.25, -0.2) is 4.79 Å². The van der Waals surface area contributed by atoms with Crippen molar-refractivity contribution >= 4 is 12.2 Å². The highest BCUT2D eigenvalue weighted by Crippen LogP contribution is 2.27. The van der Waals surface area contributed by atoms with Gasteiger partial charge in [-0.05, 0) is 61.9 Å². The number of carbonyl (C=O) groups is 1. The Kier molecular flexibility index (Phi) is 6.97. The number of methoxy groups -OCH3 is 3. The van der Waals surface area contributed by atoms with E-state index < -0.39 is 0 Å². The van der Waals surface area contributed by atoms with Gasteiger partial charge in [-0.15, -0.1) is 0 Å². The molecule has 7 heteroatoms. The predicted octanol–water partition coefficient (Wildman–Crippen LogP) is 4.02. The molecule has 0 aliphatic carbocycles. The maximum atomic E-state index is 11.6. The number of nitrogens with zero attached hydrogens (tertiary/aromatic N) is 2. The summed E-state index contributed by atoms with van der Waals surface area (Å²) in [5.41, 5.74) is 8.74. The zero-order valence-electron chi connectivity index (χ0n) is 18.4. The average molecular weight is 421 g/mol. The van der Waals surface area contributed by atoms with Crippen molar-refractivity contribution in [3.05, 3.63) is 76.6 Å². The van der Waals surface area contributed by atoms with E-state index in [4.69, 9.17) is 14.2 Å². The third-order valence-electron chi connectivity index (χ3n) is 5.04. The van der Waals surface area contributed by atoms with E-state index in [-0.39, 0.29) is 5.97 Å². The van der Waals surface area contributed by atoms with Gasteiger partial charge < -0.3 is 24.2 Å². The van der Waals surface area contributed by atoms with Gasteiger partial charge in [0.15, 0.2) is 11.5 Å². The molecule has 2 aromatic carbocycles. The molecule has 0 aliphatic heterocycles. The number of ether oxygens (including phenoxy) is 3. The van der Waals surface area contributed by atoms with Gasteiger partial charge in [0.2, 0.25) is 0 Å². The van der Waals surface area contributed by atoms with Gasteiger partial charge in [0, 0.05) is 22.6 Å². The summed E-state index contributed by atoms with van der Waals surface area (Å²) >= 11 is 0. The summed E-state index contributed by atoms with van der Waals surface area (Å²) < 4.78 is 17.5.